The standard InChI is InChI=1S/C10H9N3OS/c1-14-9-4-2-8(3-5-9)6-11-10-13-12-7-15-10/h2-7H,1H3/b11-6+. The Morgan fingerprint density at radius 2 is 2.13 bits per heavy atom. The quantitative estimate of drug-likeness (QED) is 0.744. The minimum atomic E-state index is 0.658. The first-order valence-electron chi connectivity index (χ1n) is 4.33. The highest BCUT2D eigenvalue weighted by Crippen LogP contribution is 2.14. The molecule has 2 aromatic rings. The highest BCUT2D eigenvalue weighted by molar-refractivity contribution is 7.13. The molecule has 4 nitrogen and oxygen atoms in total. The zero-order chi connectivity index (χ0) is 10.5. The summed E-state index contributed by atoms with van der Waals surface area (Å²) in [5, 5.41) is 8.17. The topological polar surface area (TPSA) is 47.4 Å². The van der Waals surface area contributed by atoms with Gasteiger partial charge in [0.25, 0.3) is 0 Å². The van der Waals surface area contributed by atoms with Crippen LogP contribution in [0.5, 0.6) is 5.75 Å². The van der Waals surface area contributed by atoms with E-state index in [4.69, 9.17) is 4.74 Å². The van der Waals surface area contributed by atoms with E-state index in [-0.39, 0.29) is 0 Å². The maximum absolute atomic E-state index is 5.05. The van der Waals surface area contributed by atoms with Crippen molar-refractivity contribution in [3.63, 3.8) is 0 Å². The fraction of sp³-hybridized carbons (Fsp3) is 0.100. The molecule has 0 saturated heterocycles. The Labute approximate surface area is 91.3 Å². The molecule has 0 aliphatic heterocycles. The monoisotopic (exact) mass is 219 g/mol. The van der Waals surface area contributed by atoms with E-state index in [1.165, 1.54) is 11.3 Å². The molecule has 0 atom stereocenters. The molecular formula is C10H9N3OS. The molecule has 1 heterocycles. The molecule has 0 amide bonds. The first kappa shape index (κ1) is 9.79. The summed E-state index contributed by atoms with van der Waals surface area (Å²) in [6.45, 7) is 0. The summed E-state index contributed by atoms with van der Waals surface area (Å²) in [6, 6.07) is 7.65. The molecule has 0 N–H and O–H groups in total. The smallest absolute Gasteiger partial charge is 0.231 e. The number of ether oxygens (including phenoxy) is 1. The maximum atomic E-state index is 5.05. The Morgan fingerprint density at radius 3 is 2.73 bits per heavy atom. The molecule has 0 saturated carbocycles. The van der Waals surface area contributed by atoms with E-state index in [2.05, 4.69) is 15.2 Å². The first-order valence-corrected chi connectivity index (χ1v) is 5.21. The van der Waals surface area contributed by atoms with Gasteiger partial charge in [0, 0.05) is 6.21 Å². The number of nitrogens with zero attached hydrogens (tertiary/aromatic N) is 3. The van der Waals surface area contributed by atoms with Crippen LogP contribution in [0.3, 0.4) is 0 Å². The van der Waals surface area contributed by atoms with Crippen LogP contribution in [0.2, 0.25) is 0 Å². The van der Waals surface area contributed by atoms with E-state index >= 15 is 0 Å². The average molecular weight is 219 g/mol. The largest absolute Gasteiger partial charge is 0.497 e. The molecule has 1 aromatic carbocycles. The Morgan fingerprint density at radius 1 is 1.33 bits per heavy atom. The number of methoxy groups -OCH3 is 1. The summed E-state index contributed by atoms with van der Waals surface area (Å²) in [5.74, 6) is 0.836. The number of benzene rings is 1. The number of aliphatic imine (C=N–C) groups is 1. The van der Waals surface area contributed by atoms with Gasteiger partial charge in [0.2, 0.25) is 5.13 Å². The van der Waals surface area contributed by atoms with Crippen LogP contribution < -0.4 is 4.74 Å². The van der Waals surface area contributed by atoms with Crippen LogP contribution in [0, 0.1) is 0 Å². The fourth-order valence-corrected chi connectivity index (χ4v) is 1.44. The number of rotatable bonds is 3. The van der Waals surface area contributed by atoms with Crippen LogP contribution in [-0.4, -0.2) is 23.5 Å². The Kier molecular flexibility index (Phi) is 3.04. The van der Waals surface area contributed by atoms with Crippen molar-refractivity contribution < 1.29 is 4.74 Å². The van der Waals surface area contributed by atoms with Crippen molar-refractivity contribution in [2.24, 2.45) is 4.99 Å². The lowest BCUT2D eigenvalue weighted by atomic mass is 10.2. The molecule has 1 aromatic heterocycles. The Bertz CT molecular complexity index is 436. The van der Waals surface area contributed by atoms with Crippen molar-refractivity contribution in [3.05, 3.63) is 35.3 Å². The van der Waals surface area contributed by atoms with Crippen molar-refractivity contribution >= 4 is 22.7 Å². The Balaban J connectivity index is 2.11. The number of aromatic nitrogens is 2. The lowest BCUT2D eigenvalue weighted by Crippen LogP contribution is -1.84. The fourth-order valence-electron chi connectivity index (χ4n) is 1.04. The molecule has 5 heteroatoms. The molecule has 0 spiro atoms. The first-order chi connectivity index (χ1) is 7.38. The molecule has 0 aliphatic carbocycles. The Hall–Kier alpha value is -1.75. The van der Waals surface area contributed by atoms with Gasteiger partial charge in [-0.25, -0.2) is 4.99 Å². The van der Waals surface area contributed by atoms with E-state index < -0.39 is 0 Å². The van der Waals surface area contributed by atoms with E-state index in [9.17, 15) is 0 Å². The van der Waals surface area contributed by atoms with Crippen molar-refractivity contribution in [2.75, 3.05) is 7.11 Å². The van der Waals surface area contributed by atoms with Crippen LogP contribution in [0.1, 0.15) is 5.56 Å². The maximum Gasteiger partial charge on any atom is 0.231 e. The van der Waals surface area contributed by atoms with Crippen LogP contribution >= 0.6 is 11.3 Å². The molecule has 15 heavy (non-hydrogen) atoms. The zero-order valence-corrected chi connectivity index (χ0v) is 8.94. The molecule has 0 unspecified atom stereocenters. The van der Waals surface area contributed by atoms with Gasteiger partial charge < -0.3 is 4.74 Å². The third-order valence-corrected chi connectivity index (χ3v) is 2.39. The highest BCUT2D eigenvalue weighted by atomic mass is 32.1. The third-order valence-electron chi connectivity index (χ3n) is 1.79. The summed E-state index contributed by atoms with van der Waals surface area (Å²) in [7, 11) is 1.64. The van der Waals surface area contributed by atoms with Gasteiger partial charge in [0.1, 0.15) is 11.3 Å². The van der Waals surface area contributed by atoms with Crippen molar-refractivity contribution in [3.8, 4) is 5.75 Å². The predicted molar refractivity (Wildman–Crippen MR) is 60.2 cm³/mol. The molecule has 2 rings (SSSR count). The predicted octanol–water partition coefficient (Wildman–Crippen LogP) is 2.30. The second-order valence-electron chi connectivity index (χ2n) is 2.75. The van der Waals surface area contributed by atoms with Gasteiger partial charge >= 0.3 is 0 Å². The molecule has 0 aliphatic rings. The van der Waals surface area contributed by atoms with Crippen molar-refractivity contribution in [1.29, 1.82) is 0 Å². The zero-order valence-electron chi connectivity index (χ0n) is 8.12. The second kappa shape index (κ2) is 4.65. The summed E-state index contributed by atoms with van der Waals surface area (Å²) in [6.07, 6.45) is 1.75. The van der Waals surface area contributed by atoms with Crippen molar-refractivity contribution in [2.45, 2.75) is 0 Å². The summed E-state index contributed by atoms with van der Waals surface area (Å²) in [5.41, 5.74) is 2.66. The van der Waals surface area contributed by atoms with Gasteiger partial charge in [-0.2, -0.15) is 0 Å². The van der Waals surface area contributed by atoms with E-state index in [0.29, 0.717) is 5.13 Å². The number of hydrogen-bond donors (Lipinski definition) is 0. The van der Waals surface area contributed by atoms with Crippen LogP contribution in [-0.2, 0) is 0 Å². The minimum absolute atomic E-state index is 0.658. The normalized spacial score (nSPS) is 10.7. The van der Waals surface area contributed by atoms with Gasteiger partial charge in [-0.1, -0.05) is 11.3 Å². The lowest BCUT2D eigenvalue weighted by molar-refractivity contribution is 0.415. The van der Waals surface area contributed by atoms with Gasteiger partial charge in [-0.05, 0) is 29.8 Å². The average Bonchev–Trinajstić information content (AvgIpc) is 2.80. The van der Waals surface area contributed by atoms with Crippen molar-refractivity contribution in [1.82, 2.24) is 10.2 Å². The SMILES string of the molecule is COc1ccc(/C=N/c2nncs2)cc1. The number of hydrogen-bond acceptors (Lipinski definition) is 5. The van der Waals surface area contributed by atoms with E-state index in [1.54, 1.807) is 18.8 Å². The highest BCUT2D eigenvalue weighted by Gasteiger charge is 1.92. The van der Waals surface area contributed by atoms with E-state index in [0.717, 1.165) is 11.3 Å². The molecule has 0 fully saturated rings. The van der Waals surface area contributed by atoms with Crippen LogP contribution in [0.4, 0.5) is 5.13 Å². The van der Waals surface area contributed by atoms with Crippen LogP contribution in [0.15, 0.2) is 34.8 Å². The molecule has 0 bridgehead atoms. The molecule has 76 valence electrons. The van der Waals surface area contributed by atoms with E-state index in [1.807, 2.05) is 24.3 Å². The second-order valence-corrected chi connectivity index (χ2v) is 3.56. The van der Waals surface area contributed by atoms with Gasteiger partial charge in [0.05, 0.1) is 7.11 Å². The van der Waals surface area contributed by atoms with Crippen LogP contribution in [0.25, 0.3) is 0 Å². The summed E-state index contributed by atoms with van der Waals surface area (Å²) >= 11 is 1.40. The van der Waals surface area contributed by atoms with Gasteiger partial charge in [-0.15, -0.1) is 10.2 Å². The molecule has 0 radical (unpaired) electrons. The minimum Gasteiger partial charge on any atom is -0.497 e. The summed E-state index contributed by atoms with van der Waals surface area (Å²) in [4.78, 5) is 4.17. The summed E-state index contributed by atoms with van der Waals surface area (Å²) < 4.78 is 5.05. The molecular weight excluding hydrogens is 210 g/mol. The van der Waals surface area contributed by atoms with Gasteiger partial charge in [0.15, 0.2) is 0 Å². The third kappa shape index (κ3) is 2.60. The lowest BCUT2D eigenvalue weighted by Gasteiger charge is -1.98. The van der Waals surface area contributed by atoms with Gasteiger partial charge in [-0.3, -0.25) is 0 Å².